The Morgan fingerprint density at radius 1 is 1.27 bits per heavy atom. The van der Waals surface area contributed by atoms with Crippen molar-refractivity contribution in [3.63, 3.8) is 0 Å². The normalized spacial score (nSPS) is 10.6. The van der Waals surface area contributed by atoms with E-state index in [1.165, 1.54) is 6.08 Å². The number of hydrogen-bond acceptors (Lipinski definition) is 2. The first-order valence-corrected chi connectivity index (χ1v) is 3.40. The van der Waals surface area contributed by atoms with Crippen LogP contribution in [0.4, 0.5) is 0 Å². The highest BCUT2D eigenvalue weighted by Gasteiger charge is 1.88. The van der Waals surface area contributed by atoms with Crippen molar-refractivity contribution < 1.29 is 14.4 Å². The zero-order chi connectivity index (χ0) is 9.49. The fraction of sp³-hybridized carbons (Fsp3) is 0.625. The third-order valence-electron chi connectivity index (χ3n) is 0.303. The van der Waals surface area contributed by atoms with E-state index in [9.17, 15) is 9.90 Å². The molecule has 0 radical (unpaired) electrons. The van der Waals surface area contributed by atoms with E-state index in [1.54, 1.807) is 6.92 Å². The Hall–Kier alpha value is -0.830. The molecule has 0 saturated heterocycles. The molecule has 0 unspecified atom stereocenters. The summed E-state index contributed by atoms with van der Waals surface area (Å²) in [6, 6.07) is 0. The van der Waals surface area contributed by atoms with Crippen LogP contribution in [0.2, 0.25) is 0 Å². The van der Waals surface area contributed by atoms with Crippen LogP contribution in [0.3, 0.4) is 0 Å². The first-order chi connectivity index (χ1) is 4.77. The molecule has 0 saturated carbocycles. The summed E-state index contributed by atoms with van der Waals surface area (Å²) < 4.78 is 1.00. The molecule has 0 aliphatic rings. The van der Waals surface area contributed by atoms with Gasteiger partial charge in [0.1, 0.15) is 0 Å². The standard InChI is InChI=1S/C4H12N.C4H6O2/c1-5(2,3)4;1-2-3-4(5)6/h1-4H3;2-3H,1H3,(H,5,6)/q+1;/p-1. The van der Waals surface area contributed by atoms with Gasteiger partial charge >= 0.3 is 0 Å². The number of nitrogens with zero attached hydrogens (tertiary/aromatic N) is 1. The van der Waals surface area contributed by atoms with Crippen LogP contribution in [0.1, 0.15) is 6.92 Å². The molecule has 3 nitrogen and oxygen atoms in total. The van der Waals surface area contributed by atoms with Crippen molar-refractivity contribution in [2.24, 2.45) is 0 Å². The van der Waals surface area contributed by atoms with Crippen molar-refractivity contribution in [2.75, 3.05) is 28.2 Å². The van der Waals surface area contributed by atoms with Crippen molar-refractivity contribution >= 4 is 5.97 Å². The highest BCUT2D eigenvalue weighted by Crippen LogP contribution is 1.73. The SMILES string of the molecule is CC=CC(=O)[O-].C[N+](C)(C)C. The van der Waals surface area contributed by atoms with Gasteiger partial charge in [-0.3, -0.25) is 0 Å². The molecule has 0 spiro atoms. The summed E-state index contributed by atoms with van der Waals surface area (Å²) in [5.74, 6) is -1.14. The van der Waals surface area contributed by atoms with Gasteiger partial charge in [0.2, 0.25) is 0 Å². The Morgan fingerprint density at radius 3 is 1.55 bits per heavy atom. The summed E-state index contributed by atoms with van der Waals surface area (Å²) in [5, 5.41) is 9.40. The van der Waals surface area contributed by atoms with Crippen molar-refractivity contribution in [2.45, 2.75) is 6.92 Å². The van der Waals surface area contributed by atoms with Gasteiger partial charge in [0.15, 0.2) is 0 Å². The summed E-state index contributed by atoms with van der Waals surface area (Å²) in [6.07, 6.45) is 2.38. The fourth-order valence-corrected chi connectivity index (χ4v) is 0.136. The van der Waals surface area contributed by atoms with Gasteiger partial charge in [-0.1, -0.05) is 6.08 Å². The average molecular weight is 159 g/mol. The summed E-state index contributed by atoms with van der Waals surface area (Å²) in [4.78, 5) is 9.40. The van der Waals surface area contributed by atoms with Gasteiger partial charge in [-0.25, -0.2) is 0 Å². The fourth-order valence-electron chi connectivity index (χ4n) is 0.136. The van der Waals surface area contributed by atoms with E-state index >= 15 is 0 Å². The Balaban J connectivity index is 0. The minimum absolute atomic E-state index is 0.972. The minimum Gasteiger partial charge on any atom is -0.545 e. The summed E-state index contributed by atoms with van der Waals surface area (Å²) >= 11 is 0. The molecule has 0 aliphatic carbocycles. The third kappa shape index (κ3) is 100. The number of carbonyl (C=O) groups is 1. The number of carboxylic acid groups (broad SMARTS) is 1. The van der Waals surface area contributed by atoms with E-state index in [0.29, 0.717) is 0 Å². The molecule has 0 atom stereocenters. The van der Waals surface area contributed by atoms with E-state index in [2.05, 4.69) is 28.2 Å². The number of carboxylic acids is 1. The molecule has 0 aliphatic heterocycles. The molecule has 0 bridgehead atoms. The zero-order valence-electron chi connectivity index (χ0n) is 7.92. The number of quaternary nitrogens is 1. The molecule has 66 valence electrons. The van der Waals surface area contributed by atoms with Crippen LogP contribution < -0.4 is 5.11 Å². The molecule has 0 rings (SSSR count). The summed E-state index contributed by atoms with van der Waals surface area (Å²) in [6.45, 7) is 1.62. The van der Waals surface area contributed by atoms with Crippen molar-refractivity contribution in [3.8, 4) is 0 Å². The maximum absolute atomic E-state index is 9.40. The zero-order valence-corrected chi connectivity index (χ0v) is 7.92. The molecule has 3 heteroatoms. The highest BCUT2D eigenvalue weighted by atomic mass is 16.4. The van der Waals surface area contributed by atoms with Crippen molar-refractivity contribution in [3.05, 3.63) is 12.2 Å². The first-order valence-electron chi connectivity index (χ1n) is 3.40. The van der Waals surface area contributed by atoms with Crippen molar-refractivity contribution in [1.82, 2.24) is 0 Å². The lowest BCUT2D eigenvalue weighted by Gasteiger charge is -2.14. The predicted molar refractivity (Wildman–Crippen MR) is 43.8 cm³/mol. The van der Waals surface area contributed by atoms with Crippen LogP contribution in [0, 0.1) is 0 Å². The average Bonchev–Trinajstić information content (AvgIpc) is 1.58. The van der Waals surface area contributed by atoms with E-state index in [4.69, 9.17) is 0 Å². The van der Waals surface area contributed by atoms with Gasteiger partial charge in [0, 0.05) is 0 Å². The number of hydrogen-bond donors (Lipinski definition) is 0. The molecular formula is C8H17NO2. The van der Waals surface area contributed by atoms with Crippen LogP contribution in [-0.4, -0.2) is 38.6 Å². The highest BCUT2D eigenvalue weighted by molar-refractivity contribution is 5.77. The molecule has 0 heterocycles. The lowest BCUT2D eigenvalue weighted by atomic mass is 10.5. The van der Waals surface area contributed by atoms with Gasteiger partial charge in [0.05, 0.1) is 34.2 Å². The Labute approximate surface area is 68.5 Å². The lowest BCUT2D eigenvalue weighted by Crippen LogP contribution is -2.27. The van der Waals surface area contributed by atoms with Gasteiger partial charge in [-0.05, 0) is 13.0 Å². The number of rotatable bonds is 1. The quantitative estimate of drug-likeness (QED) is 0.387. The molecule has 11 heavy (non-hydrogen) atoms. The van der Waals surface area contributed by atoms with E-state index in [-0.39, 0.29) is 0 Å². The smallest absolute Gasteiger partial charge is 0.0675 e. The lowest BCUT2D eigenvalue weighted by molar-refractivity contribution is -0.849. The summed E-state index contributed by atoms with van der Waals surface area (Å²) in [5.41, 5.74) is 0. The van der Waals surface area contributed by atoms with Gasteiger partial charge in [-0.15, -0.1) is 0 Å². The molecule has 0 N–H and O–H groups in total. The third-order valence-corrected chi connectivity index (χ3v) is 0.303. The van der Waals surface area contributed by atoms with Crippen LogP contribution in [0.15, 0.2) is 12.2 Å². The number of aliphatic carboxylic acids is 1. The Bertz CT molecular complexity index is 128. The Morgan fingerprint density at radius 2 is 1.55 bits per heavy atom. The molecule has 0 amide bonds. The monoisotopic (exact) mass is 159 g/mol. The number of carbonyl (C=O) groups excluding carboxylic acids is 1. The molecule has 0 aromatic rings. The predicted octanol–water partition coefficient (Wildman–Crippen LogP) is -0.365. The summed E-state index contributed by atoms with van der Waals surface area (Å²) in [7, 11) is 8.50. The maximum atomic E-state index is 9.40. The van der Waals surface area contributed by atoms with E-state index in [0.717, 1.165) is 10.6 Å². The van der Waals surface area contributed by atoms with Crippen LogP contribution in [-0.2, 0) is 4.79 Å². The van der Waals surface area contributed by atoms with Gasteiger partial charge < -0.3 is 14.4 Å². The largest absolute Gasteiger partial charge is 0.545 e. The Kier molecular flexibility index (Phi) is 6.89. The van der Waals surface area contributed by atoms with E-state index in [1.807, 2.05) is 0 Å². The van der Waals surface area contributed by atoms with Gasteiger partial charge in [0.25, 0.3) is 0 Å². The molecule has 0 fully saturated rings. The molecule has 0 aromatic heterocycles. The molecular weight excluding hydrogens is 142 g/mol. The first kappa shape index (κ1) is 12.8. The molecule has 0 aromatic carbocycles. The van der Waals surface area contributed by atoms with Crippen LogP contribution in [0.25, 0.3) is 0 Å². The topological polar surface area (TPSA) is 40.1 Å². The number of allylic oxidation sites excluding steroid dienone is 1. The van der Waals surface area contributed by atoms with E-state index < -0.39 is 5.97 Å². The van der Waals surface area contributed by atoms with Crippen LogP contribution in [0.5, 0.6) is 0 Å². The van der Waals surface area contributed by atoms with Gasteiger partial charge in [-0.2, -0.15) is 0 Å². The second kappa shape index (κ2) is 5.92. The minimum atomic E-state index is -1.14. The van der Waals surface area contributed by atoms with Crippen molar-refractivity contribution in [1.29, 1.82) is 0 Å². The second-order valence-corrected chi connectivity index (χ2v) is 3.50. The second-order valence-electron chi connectivity index (χ2n) is 3.50. The maximum Gasteiger partial charge on any atom is 0.0675 e. The van der Waals surface area contributed by atoms with Crippen LogP contribution >= 0.6 is 0 Å².